The SMILES string of the molecule is Cc1cc(C)n(CC2CN(Cc3ccc4c(c3)OCCO4)CCO2)n1. The summed E-state index contributed by atoms with van der Waals surface area (Å²) < 4.78 is 19.3. The third kappa shape index (κ3) is 3.80. The van der Waals surface area contributed by atoms with Crippen molar-refractivity contribution in [2.75, 3.05) is 32.9 Å². The highest BCUT2D eigenvalue weighted by Crippen LogP contribution is 2.31. The zero-order valence-electron chi connectivity index (χ0n) is 14.9. The average molecular weight is 343 g/mol. The molecule has 4 rings (SSSR count). The standard InChI is InChI=1S/C19H25N3O3/c1-14-9-15(2)22(20-14)13-17-12-21(5-6-23-17)11-16-3-4-18-19(10-16)25-8-7-24-18/h3-4,9-10,17H,5-8,11-13H2,1-2H3. The van der Waals surface area contributed by atoms with Crippen LogP contribution in [-0.2, 0) is 17.8 Å². The maximum atomic E-state index is 5.96. The summed E-state index contributed by atoms with van der Waals surface area (Å²) in [5.74, 6) is 1.70. The lowest BCUT2D eigenvalue weighted by Gasteiger charge is -2.33. The normalized spacial score (nSPS) is 20.6. The maximum absolute atomic E-state index is 5.96. The van der Waals surface area contributed by atoms with Crippen molar-refractivity contribution < 1.29 is 14.2 Å². The van der Waals surface area contributed by atoms with Crippen LogP contribution < -0.4 is 9.47 Å². The summed E-state index contributed by atoms with van der Waals surface area (Å²) in [5.41, 5.74) is 3.49. The number of ether oxygens (including phenoxy) is 3. The van der Waals surface area contributed by atoms with Crippen molar-refractivity contribution in [1.29, 1.82) is 0 Å². The fourth-order valence-electron chi connectivity index (χ4n) is 3.53. The van der Waals surface area contributed by atoms with E-state index in [1.165, 1.54) is 11.3 Å². The smallest absolute Gasteiger partial charge is 0.161 e. The first-order chi connectivity index (χ1) is 12.2. The van der Waals surface area contributed by atoms with E-state index in [0.717, 1.165) is 50.0 Å². The van der Waals surface area contributed by atoms with Gasteiger partial charge in [0.05, 0.1) is 24.9 Å². The summed E-state index contributed by atoms with van der Waals surface area (Å²) in [5, 5.41) is 4.55. The molecule has 6 heteroatoms. The summed E-state index contributed by atoms with van der Waals surface area (Å²) >= 11 is 0. The molecule has 3 heterocycles. The molecule has 1 aromatic carbocycles. The Hall–Kier alpha value is -2.05. The number of aryl methyl sites for hydroxylation is 2. The fraction of sp³-hybridized carbons (Fsp3) is 0.526. The lowest BCUT2D eigenvalue weighted by molar-refractivity contribution is -0.0405. The molecule has 25 heavy (non-hydrogen) atoms. The molecule has 1 saturated heterocycles. The Balaban J connectivity index is 1.39. The van der Waals surface area contributed by atoms with E-state index in [0.29, 0.717) is 13.2 Å². The highest BCUT2D eigenvalue weighted by atomic mass is 16.6. The summed E-state index contributed by atoms with van der Waals surface area (Å²) in [4.78, 5) is 2.44. The highest BCUT2D eigenvalue weighted by molar-refractivity contribution is 5.43. The van der Waals surface area contributed by atoms with E-state index in [1.807, 2.05) is 17.7 Å². The van der Waals surface area contributed by atoms with E-state index in [1.54, 1.807) is 0 Å². The van der Waals surface area contributed by atoms with Gasteiger partial charge in [-0.3, -0.25) is 9.58 Å². The molecule has 0 saturated carbocycles. The van der Waals surface area contributed by atoms with E-state index >= 15 is 0 Å². The molecule has 2 aliphatic rings. The molecule has 1 unspecified atom stereocenters. The summed E-state index contributed by atoms with van der Waals surface area (Å²) in [6.45, 7) is 9.69. The lowest BCUT2D eigenvalue weighted by Crippen LogP contribution is -2.43. The number of aromatic nitrogens is 2. The molecule has 134 valence electrons. The van der Waals surface area contributed by atoms with Gasteiger partial charge < -0.3 is 14.2 Å². The molecule has 1 fully saturated rings. The molecule has 0 spiro atoms. The summed E-state index contributed by atoms with van der Waals surface area (Å²) in [7, 11) is 0. The van der Waals surface area contributed by atoms with Gasteiger partial charge in [-0.2, -0.15) is 5.10 Å². The van der Waals surface area contributed by atoms with Crippen LogP contribution in [-0.4, -0.2) is 53.7 Å². The Kier molecular flexibility index (Phi) is 4.63. The van der Waals surface area contributed by atoms with E-state index in [-0.39, 0.29) is 6.10 Å². The number of hydrogen-bond acceptors (Lipinski definition) is 5. The average Bonchev–Trinajstić information content (AvgIpc) is 2.92. The second-order valence-corrected chi connectivity index (χ2v) is 6.82. The molecule has 0 amide bonds. The third-order valence-corrected chi connectivity index (χ3v) is 4.72. The van der Waals surface area contributed by atoms with Crippen LogP contribution in [0.2, 0.25) is 0 Å². The lowest BCUT2D eigenvalue weighted by atomic mass is 10.1. The van der Waals surface area contributed by atoms with Gasteiger partial charge in [-0.1, -0.05) is 6.07 Å². The second-order valence-electron chi connectivity index (χ2n) is 6.82. The first-order valence-corrected chi connectivity index (χ1v) is 8.91. The molecule has 0 aliphatic carbocycles. The quantitative estimate of drug-likeness (QED) is 0.852. The monoisotopic (exact) mass is 343 g/mol. The Morgan fingerprint density at radius 3 is 2.72 bits per heavy atom. The topological polar surface area (TPSA) is 48.8 Å². The Morgan fingerprint density at radius 2 is 1.92 bits per heavy atom. The largest absolute Gasteiger partial charge is 0.486 e. The zero-order valence-corrected chi connectivity index (χ0v) is 14.9. The molecule has 1 aromatic heterocycles. The van der Waals surface area contributed by atoms with Crippen LogP contribution in [0.3, 0.4) is 0 Å². The van der Waals surface area contributed by atoms with Gasteiger partial charge in [-0.05, 0) is 37.6 Å². The molecular formula is C19H25N3O3. The van der Waals surface area contributed by atoms with Crippen molar-refractivity contribution in [3.8, 4) is 11.5 Å². The number of hydrogen-bond donors (Lipinski definition) is 0. The van der Waals surface area contributed by atoms with Gasteiger partial charge in [-0.15, -0.1) is 0 Å². The van der Waals surface area contributed by atoms with E-state index in [4.69, 9.17) is 14.2 Å². The molecule has 0 N–H and O–H groups in total. The maximum Gasteiger partial charge on any atom is 0.161 e. The molecule has 0 radical (unpaired) electrons. The summed E-state index contributed by atoms with van der Waals surface area (Å²) in [6, 6.07) is 8.34. The summed E-state index contributed by atoms with van der Waals surface area (Å²) in [6.07, 6.45) is 0.170. The molecule has 0 bridgehead atoms. The van der Waals surface area contributed by atoms with Crippen molar-refractivity contribution in [3.05, 3.63) is 41.2 Å². The molecule has 1 atom stereocenters. The van der Waals surface area contributed by atoms with Gasteiger partial charge in [0.15, 0.2) is 11.5 Å². The van der Waals surface area contributed by atoms with Crippen LogP contribution in [0.25, 0.3) is 0 Å². The van der Waals surface area contributed by atoms with Gasteiger partial charge in [-0.25, -0.2) is 0 Å². The number of rotatable bonds is 4. The Bertz CT molecular complexity index is 744. The minimum atomic E-state index is 0.170. The van der Waals surface area contributed by atoms with Crippen molar-refractivity contribution in [3.63, 3.8) is 0 Å². The van der Waals surface area contributed by atoms with Gasteiger partial charge in [0, 0.05) is 25.3 Å². The zero-order chi connectivity index (χ0) is 17.2. The first kappa shape index (κ1) is 16.4. The number of fused-ring (bicyclic) bond motifs is 1. The molecular weight excluding hydrogens is 318 g/mol. The van der Waals surface area contributed by atoms with E-state index in [2.05, 4.69) is 35.1 Å². The van der Waals surface area contributed by atoms with E-state index < -0.39 is 0 Å². The number of benzene rings is 1. The van der Waals surface area contributed by atoms with Gasteiger partial charge in [0.1, 0.15) is 13.2 Å². The third-order valence-electron chi connectivity index (χ3n) is 4.72. The van der Waals surface area contributed by atoms with Crippen LogP contribution in [0.4, 0.5) is 0 Å². The van der Waals surface area contributed by atoms with Crippen LogP contribution in [0.1, 0.15) is 17.0 Å². The van der Waals surface area contributed by atoms with Crippen LogP contribution in [0.15, 0.2) is 24.3 Å². The molecule has 2 aromatic rings. The minimum Gasteiger partial charge on any atom is -0.486 e. The predicted octanol–water partition coefficient (Wildman–Crippen LogP) is 2.17. The molecule has 2 aliphatic heterocycles. The van der Waals surface area contributed by atoms with Crippen LogP contribution in [0.5, 0.6) is 11.5 Å². The second kappa shape index (κ2) is 7.06. The van der Waals surface area contributed by atoms with Crippen LogP contribution >= 0.6 is 0 Å². The highest BCUT2D eigenvalue weighted by Gasteiger charge is 2.22. The van der Waals surface area contributed by atoms with E-state index in [9.17, 15) is 0 Å². The van der Waals surface area contributed by atoms with Gasteiger partial charge >= 0.3 is 0 Å². The molecule has 6 nitrogen and oxygen atoms in total. The minimum absolute atomic E-state index is 0.170. The fourth-order valence-corrected chi connectivity index (χ4v) is 3.53. The number of morpholine rings is 1. The number of nitrogens with zero attached hydrogens (tertiary/aromatic N) is 3. The van der Waals surface area contributed by atoms with Crippen molar-refractivity contribution in [1.82, 2.24) is 14.7 Å². The Labute approximate surface area is 148 Å². The van der Waals surface area contributed by atoms with Gasteiger partial charge in [0.25, 0.3) is 0 Å². The predicted molar refractivity (Wildman–Crippen MR) is 94.2 cm³/mol. The van der Waals surface area contributed by atoms with Crippen LogP contribution in [0, 0.1) is 13.8 Å². The Morgan fingerprint density at radius 1 is 1.08 bits per heavy atom. The van der Waals surface area contributed by atoms with Crippen molar-refractivity contribution in [2.45, 2.75) is 33.0 Å². The van der Waals surface area contributed by atoms with Gasteiger partial charge in [0.2, 0.25) is 0 Å². The van der Waals surface area contributed by atoms with Crippen molar-refractivity contribution >= 4 is 0 Å². The first-order valence-electron chi connectivity index (χ1n) is 8.91. The van der Waals surface area contributed by atoms with Crippen molar-refractivity contribution in [2.24, 2.45) is 0 Å².